The quantitative estimate of drug-likeness (QED) is 0.601. The minimum atomic E-state index is -0.410. The van der Waals surface area contributed by atoms with Crippen LogP contribution >= 0.6 is 0 Å². The lowest BCUT2D eigenvalue weighted by Gasteiger charge is -2.24. The largest absolute Gasteiger partial charge is 0.395 e. The van der Waals surface area contributed by atoms with Gasteiger partial charge in [-0.1, -0.05) is 26.0 Å². The van der Waals surface area contributed by atoms with Crippen LogP contribution in [0.25, 0.3) is 0 Å². The minimum Gasteiger partial charge on any atom is -0.395 e. The maximum Gasteiger partial charge on any atom is 0.269 e. The minimum absolute atomic E-state index is 0.0233. The highest BCUT2D eigenvalue weighted by Gasteiger charge is 2.16. The lowest BCUT2D eigenvalue weighted by Crippen LogP contribution is -2.38. The maximum absolute atomic E-state index is 10.6. The highest BCUT2D eigenvalue weighted by atomic mass is 16.6. The van der Waals surface area contributed by atoms with Gasteiger partial charge in [0.1, 0.15) is 0 Å². The summed E-state index contributed by atoms with van der Waals surface area (Å²) < 4.78 is 0. The molecule has 1 rings (SSSR count). The molecule has 0 fully saturated rings. The van der Waals surface area contributed by atoms with Gasteiger partial charge in [0.2, 0.25) is 0 Å². The zero-order chi connectivity index (χ0) is 13.7. The molecule has 0 radical (unpaired) electrons. The molecule has 0 saturated heterocycles. The van der Waals surface area contributed by atoms with Crippen LogP contribution in [-0.2, 0) is 0 Å². The van der Waals surface area contributed by atoms with Crippen molar-refractivity contribution in [2.75, 3.05) is 6.61 Å². The molecule has 5 heteroatoms. The molecular formula is C13H20N2O3. The van der Waals surface area contributed by atoms with Crippen LogP contribution in [0, 0.1) is 16.0 Å². The summed E-state index contributed by atoms with van der Waals surface area (Å²) in [7, 11) is 0. The summed E-state index contributed by atoms with van der Waals surface area (Å²) in [4.78, 5) is 10.1. The lowest BCUT2D eigenvalue weighted by atomic mass is 10.0. The fourth-order valence-corrected chi connectivity index (χ4v) is 1.76. The molecule has 0 aromatic heterocycles. The predicted octanol–water partition coefficient (Wildman–Crippen LogP) is 2.26. The number of rotatable bonds is 6. The Morgan fingerprint density at radius 2 is 1.83 bits per heavy atom. The van der Waals surface area contributed by atoms with Crippen LogP contribution < -0.4 is 5.32 Å². The molecule has 100 valence electrons. The number of hydrogen-bond acceptors (Lipinski definition) is 4. The normalized spacial score (nSPS) is 14.5. The number of benzene rings is 1. The SMILES string of the molecule is CC(N[C@H](CO)C(C)C)c1ccc([N+](=O)[O-])cc1. The Morgan fingerprint density at radius 3 is 2.22 bits per heavy atom. The van der Waals surface area contributed by atoms with E-state index in [9.17, 15) is 15.2 Å². The molecule has 0 amide bonds. The molecule has 2 N–H and O–H groups in total. The van der Waals surface area contributed by atoms with Crippen LogP contribution in [0.1, 0.15) is 32.4 Å². The average Bonchev–Trinajstić information content (AvgIpc) is 2.35. The van der Waals surface area contributed by atoms with E-state index in [0.29, 0.717) is 5.92 Å². The average molecular weight is 252 g/mol. The Balaban J connectivity index is 2.72. The Hall–Kier alpha value is -1.46. The van der Waals surface area contributed by atoms with Crippen LogP contribution in [0.5, 0.6) is 0 Å². The first-order valence-electron chi connectivity index (χ1n) is 6.07. The third kappa shape index (κ3) is 3.78. The number of non-ortho nitro benzene ring substituents is 1. The summed E-state index contributed by atoms with van der Waals surface area (Å²) in [5.41, 5.74) is 1.06. The van der Waals surface area contributed by atoms with Crippen molar-refractivity contribution in [1.29, 1.82) is 0 Å². The summed E-state index contributed by atoms with van der Waals surface area (Å²) in [5.74, 6) is 0.329. The summed E-state index contributed by atoms with van der Waals surface area (Å²) in [6.07, 6.45) is 0. The summed E-state index contributed by atoms with van der Waals surface area (Å²) in [5, 5.41) is 23.1. The van der Waals surface area contributed by atoms with E-state index in [-0.39, 0.29) is 24.4 Å². The van der Waals surface area contributed by atoms with E-state index in [1.165, 1.54) is 12.1 Å². The monoisotopic (exact) mass is 252 g/mol. The number of aliphatic hydroxyl groups excluding tert-OH is 1. The molecule has 0 aliphatic rings. The van der Waals surface area contributed by atoms with E-state index in [0.717, 1.165) is 5.56 Å². The number of hydrogen-bond donors (Lipinski definition) is 2. The second-order valence-corrected chi connectivity index (χ2v) is 4.77. The van der Waals surface area contributed by atoms with Gasteiger partial charge in [0.25, 0.3) is 5.69 Å². The summed E-state index contributed by atoms with van der Waals surface area (Å²) in [6, 6.07) is 6.54. The van der Waals surface area contributed by atoms with E-state index >= 15 is 0 Å². The lowest BCUT2D eigenvalue weighted by molar-refractivity contribution is -0.384. The first-order chi connectivity index (χ1) is 8.45. The van der Waals surface area contributed by atoms with Crippen molar-refractivity contribution in [2.45, 2.75) is 32.9 Å². The molecule has 0 heterocycles. The van der Waals surface area contributed by atoms with Gasteiger partial charge in [0.05, 0.1) is 11.5 Å². The molecule has 5 nitrogen and oxygen atoms in total. The third-order valence-electron chi connectivity index (χ3n) is 3.07. The van der Waals surface area contributed by atoms with E-state index < -0.39 is 4.92 Å². The van der Waals surface area contributed by atoms with E-state index in [4.69, 9.17) is 0 Å². The van der Waals surface area contributed by atoms with Crippen LogP contribution in [0.3, 0.4) is 0 Å². The molecule has 0 bridgehead atoms. The van der Waals surface area contributed by atoms with Gasteiger partial charge in [-0.05, 0) is 18.4 Å². The van der Waals surface area contributed by atoms with Crippen molar-refractivity contribution in [2.24, 2.45) is 5.92 Å². The summed E-state index contributed by atoms with van der Waals surface area (Å²) >= 11 is 0. The summed E-state index contributed by atoms with van der Waals surface area (Å²) in [6.45, 7) is 6.13. The molecule has 0 aliphatic heterocycles. The van der Waals surface area contributed by atoms with Gasteiger partial charge in [-0.25, -0.2) is 0 Å². The number of aliphatic hydroxyl groups is 1. The molecular weight excluding hydrogens is 232 g/mol. The standard InChI is InChI=1S/C13H20N2O3/c1-9(2)13(8-16)14-10(3)11-4-6-12(7-5-11)15(17)18/h4-7,9-10,13-14,16H,8H2,1-3H3/t10?,13-/m1/s1. The maximum atomic E-state index is 10.6. The molecule has 0 aliphatic carbocycles. The zero-order valence-electron chi connectivity index (χ0n) is 11.0. The van der Waals surface area contributed by atoms with Gasteiger partial charge in [0, 0.05) is 24.2 Å². The van der Waals surface area contributed by atoms with Crippen molar-refractivity contribution >= 4 is 5.69 Å². The third-order valence-corrected chi connectivity index (χ3v) is 3.07. The van der Waals surface area contributed by atoms with Crippen molar-refractivity contribution in [3.63, 3.8) is 0 Å². The van der Waals surface area contributed by atoms with Gasteiger partial charge in [-0.3, -0.25) is 10.1 Å². The first kappa shape index (κ1) is 14.6. The number of nitrogens with one attached hydrogen (secondary N) is 1. The van der Waals surface area contributed by atoms with Gasteiger partial charge < -0.3 is 10.4 Å². The van der Waals surface area contributed by atoms with E-state index in [1.54, 1.807) is 12.1 Å². The van der Waals surface area contributed by atoms with Crippen LogP contribution in [0.2, 0.25) is 0 Å². The predicted molar refractivity (Wildman–Crippen MR) is 70.4 cm³/mol. The van der Waals surface area contributed by atoms with Crippen LogP contribution in [0.15, 0.2) is 24.3 Å². The van der Waals surface area contributed by atoms with Gasteiger partial charge >= 0.3 is 0 Å². The molecule has 0 spiro atoms. The second kappa shape index (κ2) is 6.47. The molecule has 1 aromatic carbocycles. The first-order valence-corrected chi connectivity index (χ1v) is 6.07. The Bertz CT molecular complexity index is 390. The van der Waals surface area contributed by atoms with Crippen LogP contribution in [-0.4, -0.2) is 22.7 Å². The molecule has 1 aromatic rings. The Labute approximate surface area is 107 Å². The number of nitro groups is 1. The van der Waals surface area contributed by atoms with Gasteiger partial charge in [0.15, 0.2) is 0 Å². The van der Waals surface area contributed by atoms with Crippen molar-refractivity contribution in [3.8, 4) is 0 Å². The highest BCUT2D eigenvalue weighted by Crippen LogP contribution is 2.18. The fraction of sp³-hybridized carbons (Fsp3) is 0.538. The smallest absolute Gasteiger partial charge is 0.269 e. The number of nitrogens with zero attached hydrogens (tertiary/aromatic N) is 1. The second-order valence-electron chi connectivity index (χ2n) is 4.77. The topological polar surface area (TPSA) is 75.4 Å². The van der Waals surface area contributed by atoms with Crippen molar-refractivity contribution in [1.82, 2.24) is 5.32 Å². The molecule has 1 unspecified atom stereocenters. The Morgan fingerprint density at radius 1 is 1.28 bits per heavy atom. The van der Waals surface area contributed by atoms with Crippen molar-refractivity contribution < 1.29 is 10.0 Å². The van der Waals surface area contributed by atoms with Crippen molar-refractivity contribution in [3.05, 3.63) is 39.9 Å². The molecule has 0 saturated carbocycles. The van der Waals surface area contributed by atoms with Gasteiger partial charge in [-0.15, -0.1) is 0 Å². The molecule has 2 atom stereocenters. The van der Waals surface area contributed by atoms with Gasteiger partial charge in [-0.2, -0.15) is 0 Å². The van der Waals surface area contributed by atoms with E-state index in [1.807, 2.05) is 20.8 Å². The van der Waals surface area contributed by atoms with E-state index in [2.05, 4.69) is 5.32 Å². The van der Waals surface area contributed by atoms with Crippen LogP contribution in [0.4, 0.5) is 5.69 Å². The zero-order valence-corrected chi connectivity index (χ0v) is 11.0. The fourth-order valence-electron chi connectivity index (χ4n) is 1.76. The number of nitro benzene ring substituents is 1. The Kier molecular flexibility index (Phi) is 5.25. The molecule has 18 heavy (non-hydrogen) atoms. The highest BCUT2D eigenvalue weighted by molar-refractivity contribution is 5.34.